The summed E-state index contributed by atoms with van der Waals surface area (Å²) in [6.07, 6.45) is 0.420. The maximum Gasteiger partial charge on any atom is 0.243 e. The van der Waals surface area contributed by atoms with Gasteiger partial charge in [0.1, 0.15) is 18.8 Å². The van der Waals surface area contributed by atoms with Gasteiger partial charge in [0, 0.05) is 6.07 Å². The molecule has 2 aromatic carbocycles. The van der Waals surface area contributed by atoms with Gasteiger partial charge in [-0.2, -0.15) is 0 Å². The van der Waals surface area contributed by atoms with Crippen molar-refractivity contribution in [2.75, 3.05) is 23.7 Å². The first-order valence-electron chi connectivity index (χ1n) is 8.77. The standard InChI is InChI=1S/C19H20F2N2O5S/c1-12(23(29(2,25)26)13-7-8-15(20)16(21)9-13)19(24)22-10-14-11-27-17-5-3-4-6-18(17)28-14/h3-9,12,14H,10-11H2,1-2H3,(H,22,24). The maximum absolute atomic E-state index is 13.6. The fourth-order valence-electron chi connectivity index (χ4n) is 2.96. The van der Waals surface area contributed by atoms with Crippen LogP contribution in [0.25, 0.3) is 0 Å². The second-order valence-electron chi connectivity index (χ2n) is 6.58. The van der Waals surface area contributed by atoms with Crippen LogP contribution in [0.2, 0.25) is 0 Å². The van der Waals surface area contributed by atoms with Crippen LogP contribution in [0.1, 0.15) is 6.92 Å². The Morgan fingerprint density at radius 3 is 2.55 bits per heavy atom. The Bertz CT molecular complexity index is 1020. The lowest BCUT2D eigenvalue weighted by molar-refractivity contribution is -0.122. The molecule has 156 valence electrons. The molecule has 0 bridgehead atoms. The molecule has 0 aromatic heterocycles. The van der Waals surface area contributed by atoms with Gasteiger partial charge in [-0.15, -0.1) is 0 Å². The minimum Gasteiger partial charge on any atom is -0.486 e. The van der Waals surface area contributed by atoms with Gasteiger partial charge in [-0.3, -0.25) is 9.10 Å². The highest BCUT2D eigenvalue weighted by Crippen LogP contribution is 2.30. The Morgan fingerprint density at radius 1 is 1.21 bits per heavy atom. The van der Waals surface area contributed by atoms with E-state index in [2.05, 4.69) is 5.32 Å². The van der Waals surface area contributed by atoms with Gasteiger partial charge >= 0.3 is 0 Å². The predicted molar refractivity (Wildman–Crippen MR) is 103 cm³/mol. The van der Waals surface area contributed by atoms with Gasteiger partial charge in [0.05, 0.1) is 18.5 Å². The smallest absolute Gasteiger partial charge is 0.243 e. The van der Waals surface area contributed by atoms with Gasteiger partial charge in [0.15, 0.2) is 23.1 Å². The summed E-state index contributed by atoms with van der Waals surface area (Å²) in [4.78, 5) is 12.6. The van der Waals surface area contributed by atoms with E-state index in [-0.39, 0.29) is 18.8 Å². The predicted octanol–water partition coefficient (Wildman–Crippen LogP) is 2.08. The molecule has 1 N–H and O–H groups in total. The molecule has 0 aliphatic carbocycles. The van der Waals surface area contributed by atoms with Crippen molar-refractivity contribution in [3.63, 3.8) is 0 Å². The third kappa shape index (κ3) is 4.76. The van der Waals surface area contributed by atoms with Crippen LogP contribution in [-0.4, -0.2) is 45.9 Å². The highest BCUT2D eigenvalue weighted by Gasteiger charge is 2.30. The summed E-state index contributed by atoms with van der Waals surface area (Å²) >= 11 is 0. The van der Waals surface area contributed by atoms with Gasteiger partial charge in [-0.25, -0.2) is 17.2 Å². The number of carbonyl (C=O) groups is 1. The highest BCUT2D eigenvalue weighted by molar-refractivity contribution is 7.92. The van der Waals surface area contributed by atoms with E-state index >= 15 is 0 Å². The molecule has 0 radical (unpaired) electrons. The number of para-hydroxylation sites is 2. The van der Waals surface area contributed by atoms with E-state index in [1.807, 2.05) is 6.07 Å². The zero-order valence-corrected chi connectivity index (χ0v) is 16.6. The first-order valence-corrected chi connectivity index (χ1v) is 10.6. The summed E-state index contributed by atoms with van der Waals surface area (Å²) in [5, 5.41) is 2.61. The van der Waals surface area contributed by atoms with Crippen LogP contribution in [0.3, 0.4) is 0 Å². The van der Waals surface area contributed by atoms with Crippen LogP contribution >= 0.6 is 0 Å². The lowest BCUT2D eigenvalue weighted by Crippen LogP contribution is -2.50. The molecule has 2 atom stereocenters. The summed E-state index contributed by atoms with van der Waals surface area (Å²) in [6, 6.07) is 8.53. The van der Waals surface area contributed by atoms with E-state index in [1.165, 1.54) is 6.92 Å². The number of hydrogen-bond donors (Lipinski definition) is 1. The first kappa shape index (κ1) is 20.8. The number of sulfonamides is 1. The molecule has 0 fully saturated rings. The van der Waals surface area contributed by atoms with Gasteiger partial charge in [-0.05, 0) is 31.2 Å². The van der Waals surface area contributed by atoms with Crippen LogP contribution < -0.4 is 19.1 Å². The lowest BCUT2D eigenvalue weighted by Gasteiger charge is -2.30. The van der Waals surface area contributed by atoms with E-state index in [0.29, 0.717) is 11.5 Å². The summed E-state index contributed by atoms with van der Waals surface area (Å²) < 4.78 is 63.2. The number of rotatable bonds is 6. The number of nitrogens with one attached hydrogen (secondary N) is 1. The summed E-state index contributed by atoms with van der Waals surface area (Å²) in [6.45, 7) is 1.64. The van der Waals surface area contributed by atoms with Crippen LogP contribution in [-0.2, 0) is 14.8 Å². The number of amides is 1. The topological polar surface area (TPSA) is 84.9 Å². The van der Waals surface area contributed by atoms with Crippen LogP contribution in [0, 0.1) is 11.6 Å². The number of nitrogens with zero attached hydrogens (tertiary/aromatic N) is 1. The Hall–Kier alpha value is -2.88. The molecule has 0 saturated heterocycles. The third-order valence-electron chi connectivity index (χ3n) is 4.32. The van der Waals surface area contributed by atoms with E-state index in [0.717, 1.165) is 28.8 Å². The summed E-state index contributed by atoms with van der Waals surface area (Å²) in [7, 11) is -3.95. The Labute approximate surface area is 167 Å². The number of halogens is 2. The van der Waals surface area contributed by atoms with Gasteiger partial charge in [0.2, 0.25) is 15.9 Å². The molecule has 2 unspecified atom stereocenters. The van der Waals surface area contributed by atoms with Crippen molar-refractivity contribution in [2.45, 2.75) is 19.1 Å². The van der Waals surface area contributed by atoms with Gasteiger partial charge in [-0.1, -0.05) is 12.1 Å². The monoisotopic (exact) mass is 426 g/mol. The Balaban J connectivity index is 1.69. The van der Waals surface area contributed by atoms with Crippen molar-refractivity contribution < 1.29 is 31.5 Å². The average Bonchev–Trinajstić information content (AvgIpc) is 2.67. The van der Waals surface area contributed by atoms with Crippen LogP contribution in [0.5, 0.6) is 11.5 Å². The van der Waals surface area contributed by atoms with E-state index in [9.17, 15) is 22.0 Å². The zero-order chi connectivity index (χ0) is 21.2. The van der Waals surface area contributed by atoms with Gasteiger partial charge in [0.25, 0.3) is 0 Å². The minimum absolute atomic E-state index is 0.0763. The van der Waals surface area contributed by atoms with E-state index in [4.69, 9.17) is 9.47 Å². The number of ether oxygens (including phenoxy) is 2. The summed E-state index contributed by atoms with van der Waals surface area (Å²) in [5.74, 6) is -1.80. The van der Waals surface area contributed by atoms with Crippen molar-refractivity contribution in [3.05, 3.63) is 54.1 Å². The zero-order valence-electron chi connectivity index (χ0n) is 15.8. The number of carbonyl (C=O) groups excluding carboxylic acids is 1. The van der Waals surface area contributed by atoms with E-state index < -0.39 is 39.7 Å². The number of fused-ring (bicyclic) bond motifs is 1. The molecule has 29 heavy (non-hydrogen) atoms. The molecule has 0 saturated carbocycles. The molecule has 0 spiro atoms. The maximum atomic E-state index is 13.6. The number of anilines is 1. The number of benzene rings is 2. The second-order valence-corrected chi connectivity index (χ2v) is 8.44. The van der Waals surface area contributed by atoms with Crippen molar-refractivity contribution in [1.29, 1.82) is 0 Å². The Kier molecular flexibility index (Phi) is 5.92. The molecule has 1 heterocycles. The van der Waals surface area contributed by atoms with Crippen molar-refractivity contribution >= 4 is 21.6 Å². The van der Waals surface area contributed by atoms with Crippen molar-refractivity contribution in [2.24, 2.45) is 0 Å². The highest BCUT2D eigenvalue weighted by atomic mass is 32.2. The molecule has 1 aliphatic rings. The molecule has 1 amide bonds. The fraction of sp³-hybridized carbons (Fsp3) is 0.316. The van der Waals surface area contributed by atoms with Gasteiger partial charge < -0.3 is 14.8 Å². The second kappa shape index (κ2) is 8.24. The SMILES string of the molecule is CC(C(=O)NCC1COc2ccccc2O1)N(c1ccc(F)c(F)c1)S(C)(=O)=O. The Morgan fingerprint density at radius 2 is 1.90 bits per heavy atom. The van der Waals surface area contributed by atoms with Crippen LogP contribution in [0.4, 0.5) is 14.5 Å². The van der Waals surface area contributed by atoms with Crippen LogP contribution in [0.15, 0.2) is 42.5 Å². The first-order chi connectivity index (χ1) is 13.7. The quantitative estimate of drug-likeness (QED) is 0.765. The molecule has 3 rings (SSSR count). The molecule has 2 aromatic rings. The lowest BCUT2D eigenvalue weighted by atomic mass is 10.2. The average molecular weight is 426 g/mol. The minimum atomic E-state index is -3.95. The molecular weight excluding hydrogens is 406 g/mol. The molecule has 7 nitrogen and oxygen atoms in total. The molecule has 10 heteroatoms. The van der Waals surface area contributed by atoms with Crippen molar-refractivity contribution in [1.82, 2.24) is 5.32 Å². The normalized spacial score (nSPS) is 16.8. The number of hydrogen-bond acceptors (Lipinski definition) is 5. The third-order valence-corrected chi connectivity index (χ3v) is 5.56. The fourth-order valence-corrected chi connectivity index (χ4v) is 4.12. The molecular formula is C19H20F2N2O5S. The largest absolute Gasteiger partial charge is 0.486 e. The molecule has 1 aliphatic heterocycles. The summed E-state index contributed by atoms with van der Waals surface area (Å²) in [5.41, 5.74) is -0.153. The van der Waals surface area contributed by atoms with E-state index in [1.54, 1.807) is 18.2 Å². The van der Waals surface area contributed by atoms with Crippen molar-refractivity contribution in [3.8, 4) is 11.5 Å².